The number of amides is 1. The minimum absolute atomic E-state index is 0.145. The van der Waals surface area contributed by atoms with Gasteiger partial charge in [0.1, 0.15) is 11.5 Å². The number of hydrogen-bond donors (Lipinski definition) is 1. The van der Waals surface area contributed by atoms with Crippen LogP contribution < -0.4 is 20.3 Å². The number of allylic oxidation sites excluding steroid dienone is 1. The first-order valence-electron chi connectivity index (χ1n) is 10.6. The molecule has 0 unspecified atom stereocenters. The number of hydrogen-bond acceptors (Lipinski definition) is 6. The monoisotopic (exact) mass is 459 g/mol. The maximum atomic E-state index is 13.3. The van der Waals surface area contributed by atoms with Gasteiger partial charge in [-0.1, -0.05) is 36.4 Å². The van der Waals surface area contributed by atoms with Crippen molar-refractivity contribution in [2.45, 2.75) is 19.9 Å². The molecule has 4 aromatic rings. The maximum absolute atomic E-state index is 13.3. The number of fused-ring (bicyclic) bond motifs is 1. The maximum Gasteiger partial charge on any atom is 0.279 e. The van der Waals surface area contributed by atoms with Gasteiger partial charge >= 0.3 is 0 Å². The lowest BCUT2D eigenvalue weighted by molar-refractivity contribution is -0.115. The van der Waals surface area contributed by atoms with Crippen LogP contribution in [0.1, 0.15) is 11.3 Å². The lowest BCUT2D eigenvalue weighted by Crippen LogP contribution is -2.29. The van der Waals surface area contributed by atoms with E-state index in [0.29, 0.717) is 46.6 Å². The van der Waals surface area contributed by atoms with Crippen molar-refractivity contribution in [1.29, 1.82) is 0 Å². The van der Waals surface area contributed by atoms with Gasteiger partial charge < -0.3 is 19.4 Å². The third-order valence-corrected chi connectivity index (χ3v) is 5.49. The van der Waals surface area contributed by atoms with Gasteiger partial charge in [0.15, 0.2) is 5.82 Å². The highest BCUT2D eigenvalue weighted by molar-refractivity contribution is 5.94. The molecule has 1 N–H and O–H groups in total. The molecule has 0 radical (unpaired) electrons. The fourth-order valence-electron chi connectivity index (χ4n) is 3.73. The standard InChI is InChI=1S/C25H25N5O4/c1-5-13-29-16(2)19(15-22(31)26-20-12-11-18(33-3)14-21(20)34-4)24(32)30-25(29)27-23(28-30)17-9-7-6-8-10-17/h5-12,14H,1,13,15H2,2-4H3,(H,26,31). The fraction of sp³-hybridized carbons (Fsp3) is 0.200. The summed E-state index contributed by atoms with van der Waals surface area (Å²) in [5.74, 6) is 1.51. The number of rotatable bonds is 8. The van der Waals surface area contributed by atoms with Crippen LogP contribution in [0.2, 0.25) is 0 Å². The zero-order valence-corrected chi connectivity index (χ0v) is 19.2. The molecule has 2 heterocycles. The van der Waals surface area contributed by atoms with Crippen molar-refractivity contribution in [3.8, 4) is 22.9 Å². The first-order chi connectivity index (χ1) is 16.5. The van der Waals surface area contributed by atoms with Crippen LogP contribution in [0.15, 0.2) is 66.0 Å². The molecule has 9 nitrogen and oxygen atoms in total. The van der Waals surface area contributed by atoms with Crippen molar-refractivity contribution < 1.29 is 14.3 Å². The minimum Gasteiger partial charge on any atom is -0.497 e. The second-order valence-corrected chi connectivity index (χ2v) is 7.57. The molecule has 0 bridgehead atoms. The topological polar surface area (TPSA) is 99.8 Å². The fourth-order valence-corrected chi connectivity index (χ4v) is 3.73. The summed E-state index contributed by atoms with van der Waals surface area (Å²) in [6.07, 6.45) is 1.56. The second-order valence-electron chi connectivity index (χ2n) is 7.57. The first kappa shape index (κ1) is 22.8. The zero-order chi connectivity index (χ0) is 24.2. The summed E-state index contributed by atoms with van der Waals surface area (Å²) in [6.45, 7) is 6.01. The Labute approximate surface area is 196 Å². The van der Waals surface area contributed by atoms with Crippen molar-refractivity contribution in [2.75, 3.05) is 19.5 Å². The Hall–Kier alpha value is -4.40. The molecule has 0 aliphatic heterocycles. The van der Waals surface area contributed by atoms with E-state index in [0.717, 1.165) is 5.56 Å². The Kier molecular flexibility index (Phi) is 6.44. The summed E-state index contributed by atoms with van der Waals surface area (Å²) in [5.41, 5.74) is 1.83. The summed E-state index contributed by atoms with van der Waals surface area (Å²) in [7, 11) is 3.05. The Morgan fingerprint density at radius 3 is 2.59 bits per heavy atom. The molecule has 2 aromatic heterocycles. The molecule has 1 amide bonds. The van der Waals surface area contributed by atoms with Crippen molar-refractivity contribution in [1.82, 2.24) is 19.2 Å². The molecule has 2 aromatic carbocycles. The van der Waals surface area contributed by atoms with E-state index in [1.54, 1.807) is 38.3 Å². The van der Waals surface area contributed by atoms with E-state index in [9.17, 15) is 9.59 Å². The number of carbonyl (C=O) groups is 1. The zero-order valence-electron chi connectivity index (χ0n) is 19.2. The van der Waals surface area contributed by atoms with Crippen LogP contribution in [0.3, 0.4) is 0 Å². The SMILES string of the molecule is C=CCn1c(C)c(CC(=O)Nc2ccc(OC)cc2OC)c(=O)n2nc(-c3ccccc3)nc12. The van der Waals surface area contributed by atoms with Gasteiger partial charge in [-0.15, -0.1) is 11.7 Å². The van der Waals surface area contributed by atoms with Crippen molar-refractivity contribution >= 4 is 17.4 Å². The summed E-state index contributed by atoms with van der Waals surface area (Å²) < 4.78 is 13.6. The van der Waals surface area contributed by atoms with Crippen LogP contribution in [-0.2, 0) is 17.8 Å². The number of methoxy groups -OCH3 is 2. The van der Waals surface area contributed by atoms with E-state index in [-0.39, 0.29) is 17.9 Å². The summed E-state index contributed by atoms with van der Waals surface area (Å²) >= 11 is 0. The highest BCUT2D eigenvalue weighted by Crippen LogP contribution is 2.29. The molecular weight excluding hydrogens is 434 g/mol. The van der Waals surface area contributed by atoms with E-state index in [1.807, 2.05) is 34.9 Å². The number of nitrogens with zero attached hydrogens (tertiary/aromatic N) is 4. The number of nitrogens with one attached hydrogen (secondary N) is 1. The van der Waals surface area contributed by atoms with Gasteiger partial charge in [-0.3, -0.25) is 9.59 Å². The van der Waals surface area contributed by atoms with Crippen LogP contribution in [0, 0.1) is 6.92 Å². The quantitative estimate of drug-likeness (QED) is 0.406. The molecule has 0 atom stereocenters. The van der Waals surface area contributed by atoms with Crippen LogP contribution >= 0.6 is 0 Å². The average molecular weight is 460 g/mol. The molecule has 0 spiro atoms. The van der Waals surface area contributed by atoms with Gasteiger partial charge in [0, 0.05) is 29.4 Å². The number of anilines is 1. The molecule has 4 rings (SSSR count). The Bertz CT molecular complexity index is 1420. The third-order valence-electron chi connectivity index (χ3n) is 5.49. The number of aromatic nitrogens is 4. The highest BCUT2D eigenvalue weighted by Gasteiger charge is 2.20. The molecule has 0 aliphatic rings. The first-order valence-corrected chi connectivity index (χ1v) is 10.6. The van der Waals surface area contributed by atoms with Crippen LogP contribution in [-0.4, -0.2) is 39.3 Å². The Morgan fingerprint density at radius 2 is 1.91 bits per heavy atom. The molecule has 9 heteroatoms. The summed E-state index contributed by atoms with van der Waals surface area (Å²) in [6, 6.07) is 14.5. The molecular formula is C25H25N5O4. The predicted molar refractivity (Wildman–Crippen MR) is 129 cm³/mol. The molecule has 0 saturated carbocycles. The van der Waals surface area contributed by atoms with Gasteiger partial charge in [-0.05, 0) is 19.1 Å². The lowest BCUT2D eigenvalue weighted by atomic mass is 10.1. The number of benzene rings is 2. The van der Waals surface area contributed by atoms with E-state index in [1.165, 1.54) is 11.6 Å². The molecule has 174 valence electrons. The van der Waals surface area contributed by atoms with Crippen molar-refractivity contribution in [3.63, 3.8) is 0 Å². The largest absolute Gasteiger partial charge is 0.497 e. The van der Waals surface area contributed by atoms with Crippen LogP contribution in [0.5, 0.6) is 11.5 Å². The van der Waals surface area contributed by atoms with E-state index >= 15 is 0 Å². The summed E-state index contributed by atoms with van der Waals surface area (Å²) in [5, 5.41) is 7.25. The van der Waals surface area contributed by atoms with Gasteiger partial charge in [0.2, 0.25) is 11.7 Å². The smallest absolute Gasteiger partial charge is 0.279 e. The normalized spacial score (nSPS) is 10.8. The number of carbonyl (C=O) groups excluding carboxylic acids is 1. The van der Waals surface area contributed by atoms with Gasteiger partial charge in [0.25, 0.3) is 5.56 Å². The lowest BCUT2D eigenvalue weighted by Gasteiger charge is -2.15. The molecule has 0 saturated heterocycles. The molecule has 0 aliphatic carbocycles. The third kappa shape index (κ3) is 4.27. The molecule has 0 fully saturated rings. The average Bonchev–Trinajstić information content (AvgIpc) is 3.31. The minimum atomic E-state index is -0.390. The van der Waals surface area contributed by atoms with Crippen LogP contribution in [0.4, 0.5) is 5.69 Å². The molecule has 34 heavy (non-hydrogen) atoms. The van der Waals surface area contributed by atoms with Gasteiger partial charge in [-0.2, -0.15) is 9.50 Å². The van der Waals surface area contributed by atoms with E-state index in [2.05, 4.69) is 22.0 Å². The van der Waals surface area contributed by atoms with Crippen LogP contribution in [0.25, 0.3) is 17.2 Å². The van der Waals surface area contributed by atoms with Crippen molar-refractivity contribution in [2.24, 2.45) is 0 Å². The highest BCUT2D eigenvalue weighted by atomic mass is 16.5. The van der Waals surface area contributed by atoms with E-state index < -0.39 is 0 Å². The van der Waals surface area contributed by atoms with Gasteiger partial charge in [-0.25, -0.2) is 0 Å². The predicted octanol–water partition coefficient (Wildman–Crippen LogP) is 3.25. The Balaban J connectivity index is 1.73. The Morgan fingerprint density at radius 1 is 1.15 bits per heavy atom. The second kappa shape index (κ2) is 9.62. The van der Waals surface area contributed by atoms with E-state index in [4.69, 9.17) is 9.47 Å². The summed E-state index contributed by atoms with van der Waals surface area (Å²) in [4.78, 5) is 30.9. The number of ether oxygens (including phenoxy) is 2. The van der Waals surface area contributed by atoms with Crippen molar-refractivity contribution in [3.05, 3.63) is 82.8 Å². The van der Waals surface area contributed by atoms with Gasteiger partial charge in [0.05, 0.1) is 26.3 Å².